The van der Waals surface area contributed by atoms with Gasteiger partial charge in [0.2, 0.25) is 0 Å². The number of aliphatic hydroxyl groups is 1. The number of nitrogens with one attached hydrogen (secondary N) is 2. The Morgan fingerprint density at radius 2 is 1.82 bits per heavy atom. The van der Waals surface area contributed by atoms with Gasteiger partial charge in [-0.2, -0.15) is 4.37 Å². The monoisotopic (exact) mass is 547 g/mol. The molecular formula is C30H27ClFN3O2S. The SMILES string of the molecule is Cc1c(COc2ccc(CNCCO)cc2F)cccc1-c1cccc2c(Nc3ccccc3Cl)nsc12. The van der Waals surface area contributed by atoms with Crippen molar-refractivity contribution in [1.82, 2.24) is 9.69 Å². The van der Waals surface area contributed by atoms with Gasteiger partial charge in [0.1, 0.15) is 6.61 Å². The van der Waals surface area contributed by atoms with Crippen molar-refractivity contribution in [2.45, 2.75) is 20.1 Å². The van der Waals surface area contributed by atoms with Gasteiger partial charge >= 0.3 is 0 Å². The molecule has 5 aromatic rings. The first-order valence-corrected chi connectivity index (χ1v) is 13.4. The summed E-state index contributed by atoms with van der Waals surface area (Å²) in [5, 5.41) is 16.9. The van der Waals surface area contributed by atoms with Crippen LogP contribution in [0.1, 0.15) is 16.7 Å². The van der Waals surface area contributed by atoms with Gasteiger partial charge in [-0.3, -0.25) is 0 Å². The Balaban J connectivity index is 1.37. The second-order valence-electron chi connectivity index (χ2n) is 8.86. The van der Waals surface area contributed by atoms with Crippen molar-refractivity contribution >= 4 is 44.7 Å². The lowest BCUT2D eigenvalue weighted by Crippen LogP contribution is -2.17. The molecule has 194 valence electrons. The summed E-state index contributed by atoms with van der Waals surface area (Å²) in [4.78, 5) is 0. The Bertz CT molecular complexity index is 1570. The highest BCUT2D eigenvalue weighted by atomic mass is 35.5. The van der Waals surface area contributed by atoms with Gasteiger partial charge in [0.15, 0.2) is 17.4 Å². The first-order chi connectivity index (χ1) is 18.5. The van der Waals surface area contributed by atoms with Crippen LogP contribution in [0, 0.1) is 12.7 Å². The highest BCUT2D eigenvalue weighted by Gasteiger charge is 2.15. The summed E-state index contributed by atoms with van der Waals surface area (Å²) in [6.07, 6.45) is 0. The molecule has 0 saturated heterocycles. The lowest BCUT2D eigenvalue weighted by molar-refractivity contribution is 0.288. The Labute approximate surface area is 230 Å². The van der Waals surface area contributed by atoms with E-state index >= 15 is 0 Å². The van der Waals surface area contributed by atoms with E-state index in [-0.39, 0.29) is 19.0 Å². The minimum atomic E-state index is -0.407. The second kappa shape index (κ2) is 11.9. The number of fused-ring (bicyclic) bond motifs is 1. The summed E-state index contributed by atoms with van der Waals surface area (Å²) < 4.78 is 26.3. The summed E-state index contributed by atoms with van der Waals surface area (Å²) in [5.41, 5.74) is 5.81. The smallest absolute Gasteiger partial charge is 0.165 e. The predicted molar refractivity (Wildman–Crippen MR) is 154 cm³/mol. The van der Waals surface area contributed by atoms with E-state index in [0.717, 1.165) is 49.4 Å². The van der Waals surface area contributed by atoms with Gasteiger partial charge in [0.05, 0.1) is 22.0 Å². The van der Waals surface area contributed by atoms with Crippen molar-refractivity contribution in [2.75, 3.05) is 18.5 Å². The number of halogens is 2. The van der Waals surface area contributed by atoms with Gasteiger partial charge in [-0.05, 0) is 71.0 Å². The molecule has 0 amide bonds. The van der Waals surface area contributed by atoms with Gasteiger partial charge in [0, 0.05) is 24.0 Å². The Morgan fingerprint density at radius 3 is 2.63 bits per heavy atom. The average Bonchev–Trinajstić information content (AvgIpc) is 3.33. The molecule has 0 fully saturated rings. The molecule has 1 heterocycles. The first kappa shape index (κ1) is 26.1. The van der Waals surface area contributed by atoms with E-state index < -0.39 is 5.82 Å². The normalized spacial score (nSPS) is 11.2. The van der Waals surface area contributed by atoms with Gasteiger partial charge in [-0.1, -0.05) is 60.1 Å². The van der Waals surface area contributed by atoms with Crippen LogP contribution in [0.15, 0.2) is 78.9 Å². The Morgan fingerprint density at radius 1 is 1.00 bits per heavy atom. The highest BCUT2D eigenvalue weighted by Crippen LogP contribution is 2.39. The summed E-state index contributed by atoms with van der Waals surface area (Å²) in [6, 6.07) is 24.8. The number of rotatable bonds is 10. The van der Waals surface area contributed by atoms with E-state index in [4.69, 9.17) is 21.4 Å². The highest BCUT2D eigenvalue weighted by molar-refractivity contribution is 7.14. The van der Waals surface area contributed by atoms with Gasteiger partial charge in [0.25, 0.3) is 0 Å². The molecule has 4 aromatic carbocycles. The summed E-state index contributed by atoms with van der Waals surface area (Å²) in [5.74, 6) is 0.568. The first-order valence-electron chi connectivity index (χ1n) is 12.3. The van der Waals surface area contributed by atoms with Crippen molar-refractivity contribution in [3.05, 3.63) is 106 Å². The molecule has 8 heteroatoms. The maximum atomic E-state index is 14.6. The number of hydrogen-bond donors (Lipinski definition) is 3. The number of hydrogen-bond acceptors (Lipinski definition) is 6. The summed E-state index contributed by atoms with van der Waals surface area (Å²) >= 11 is 7.78. The molecule has 0 atom stereocenters. The van der Waals surface area contributed by atoms with Crippen LogP contribution in [0.2, 0.25) is 5.02 Å². The van der Waals surface area contributed by atoms with E-state index in [2.05, 4.69) is 40.1 Å². The van der Waals surface area contributed by atoms with Crippen LogP contribution in [0.5, 0.6) is 5.75 Å². The molecule has 0 spiro atoms. The molecule has 1 aromatic heterocycles. The zero-order chi connectivity index (χ0) is 26.5. The van der Waals surface area contributed by atoms with E-state index in [1.54, 1.807) is 6.07 Å². The molecule has 0 radical (unpaired) electrons. The topological polar surface area (TPSA) is 66.4 Å². The average molecular weight is 548 g/mol. The zero-order valence-electron chi connectivity index (χ0n) is 20.8. The molecule has 0 aliphatic rings. The van der Waals surface area contributed by atoms with Crippen molar-refractivity contribution in [2.24, 2.45) is 0 Å². The molecule has 38 heavy (non-hydrogen) atoms. The standard InChI is InChI=1S/C30H27ClFN3O2S/c1-19-21(18-37-28-13-12-20(16-26(28)32)17-33-14-15-36)6-4-7-22(19)23-8-5-9-24-29(23)38-35-30(24)34-27-11-3-2-10-25(27)31/h2-13,16,33,36H,14-15,17-18H2,1H3,(H,34,35). The van der Waals surface area contributed by atoms with Crippen LogP contribution < -0.4 is 15.4 Å². The maximum Gasteiger partial charge on any atom is 0.165 e. The van der Waals surface area contributed by atoms with E-state index in [0.29, 0.717) is 18.1 Å². The van der Waals surface area contributed by atoms with Crippen LogP contribution in [0.4, 0.5) is 15.9 Å². The summed E-state index contributed by atoms with van der Waals surface area (Å²) in [7, 11) is 0. The minimum Gasteiger partial charge on any atom is -0.486 e. The van der Waals surface area contributed by atoms with Crippen LogP contribution >= 0.6 is 23.1 Å². The van der Waals surface area contributed by atoms with Crippen LogP contribution in [0.3, 0.4) is 0 Å². The number of para-hydroxylation sites is 1. The van der Waals surface area contributed by atoms with E-state index in [1.807, 2.05) is 48.5 Å². The zero-order valence-corrected chi connectivity index (χ0v) is 22.4. The number of aromatic nitrogens is 1. The lowest BCUT2D eigenvalue weighted by atomic mass is 9.96. The minimum absolute atomic E-state index is 0.0419. The van der Waals surface area contributed by atoms with Crippen LogP contribution in [-0.4, -0.2) is 22.6 Å². The largest absolute Gasteiger partial charge is 0.486 e. The third kappa shape index (κ3) is 5.66. The van der Waals surface area contributed by atoms with E-state index in [9.17, 15) is 4.39 Å². The van der Waals surface area contributed by atoms with Gasteiger partial charge < -0.3 is 20.5 Å². The predicted octanol–water partition coefficient (Wildman–Crippen LogP) is 7.47. The molecule has 5 nitrogen and oxygen atoms in total. The molecule has 5 rings (SSSR count). The second-order valence-corrected chi connectivity index (χ2v) is 10.0. The molecular weight excluding hydrogens is 521 g/mol. The Hall–Kier alpha value is -3.49. The lowest BCUT2D eigenvalue weighted by Gasteiger charge is -2.14. The molecule has 3 N–H and O–H groups in total. The number of nitrogens with zero attached hydrogens (tertiary/aromatic N) is 1. The fraction of sp³-hybridized carbons (Fsp3) is 0.167. The van der Waals surface area contributed by atoms with Crippen molar-refractivity contribution in [1.29, 1.82) is 0 Å². The quantitative estimate of drug-likeness (QED) is 0.158. The number of anilines is 2. The number of ether oxygens (including phenoxy) is 1. The number of aliphatic hydroxyl groups excluding tert-OH is 1. The van der Waals surface area contributed by atoms with Crippen LogP contribution in [0.25, 0.3) is 21.2 Å². The number of benzene rings is 4. The maximum absolute atomic E-state index is 14.6. The molecule has 0 aliphatic heterocycles. The van der Waals surface area contributed by atoms with Crippen molar-refractivity contribution in [3.8, 4) is 16.9 Å². The molecule has 0 bridgehead atoms. The third-order valence-electron chi connectivity index (χ3n) is 6.36. The summed E-state index contributed by atoms with van der Waals surface area (Å²) in [6.45, 7) is 3.29. The van der Waals surface area contributed by atoms with E-state index in [1.165, 1.54) is 17.6 Å². The molecule has 0 aliphatic carbocycles. The van der Waals surface area contributed by atoms with Crippen molar-refractivity contribution in [3.63, 3.8) is 0 Å². The molecule has 0 unspecified atom stereocenters. The fourth-order valence-electron chi connectivity index (χ4n) is 4.32. The van der Waals surface area contributed by atoms with Gasteiger partial charge in [-0.15, -0.1) is 0 Å². The Kier molecular flexibility index (Phi) is 8.20. The van der Waals surface area contributed by atoms with Crippen LogP contribution in [-0.2, 0) is 13.2 Å². The third-order valence-corrected chi connectivity index (χ3v) is 7.58. The van der Waals surface area contributed by atoms with Crippen molar-refractivity contribution < 1.29 is 14.2 Å². The fourth-order valence-corrected chi connectivity index (χ4v) is 5.37. The van der Waals surface area contributed by atoms with Gasteiger partial charge in [-0.25, -0.2) is 4.39 Å². The molecule has 0 saturated carbocycles.